The van der Waals surface area contributed by atoms with E-state index >= 15 is 0 Å². The van der Waals surface area contributed by atoms with Crippen molar-refractivity contribution in [3.05, 3.63) is 76.0 Å². The summed E-state index contributed by atoms with van der Waals surface area (Å²) in [5, 5.41) is 2.20. The molecule has 0 spiro atoms. The molecule has 7 nitrogen and oxygen atoms in total. The van der Waals surface area contributed by atoms with Crippen molar-refractivity contribution in [3.8, 4) is 11.5 Å². The van der Waals surface area contributed by atoms with Crippen molar-refractivity contribution in [2.75, 3.05) is 0 Å². The topological polar surface area (TPSA) is 89.5 Å². The third kappa shape index (κ3) is 6.02. The van der Waals surface area contributed by atoms with Crippen molar-refractivity contribution < 1.29 is 23.5 Å². The number of aromatic nitrogens is 1. The molecule has 9 heteroatoms. The van der Waals surface area contributed by atoms with Crippen molar-refractivity contribution >= 4 is 23.2 Å². The van der Waals surface area contributed by atoms with Crippen LogP contribution in [0.5, 0.6) is 11.5 Å². The van der Waals surface area contributed by atoms with Gasteiger partial charge in [0.1, 0.15) is 34.6 Å². The van der Waals surface area contributed by atoms with Gasteiger partial charge in [-0.25, -0.2) is 9.37 Å². The number of rotatable bonds is 7. The number of ether oxygens (including phenoxy) is 2. The van der Waals surface area contributed by atoms with Gasteiger partial charge in [-0.15, -0.1) is 11.3 Å². The van der Waals surface area contributed by atoms with Crippen molar-refractivity contribution in [2.45, 2.75) is 26.6 Å². The highest BCUT2D eigenvalue weighted by Crippen LogP contribution is 2.16. The predicted octanol–water partition coefficient (Wildman–Crippen LogP) is 3.40. The third-order valence-electron chi connectivity index (χ3n) is 3.96. The second-order valence-electron chi connectivity index (χ2n) is 6.39. The van der Waals surface area contributed by atoms with Crippen LogP contribution < -0.4 is 20.3 Å². The Balaban J connectivity index is 1.45. The average molecular weight is 429 g/mol. The van der Waals surface area contributed by atoms with Gasteiger partial charge in [0.2, 0.25) is 0 Å². The maximum absolute atomic E-state index is 12.9. The molecule has 0 aliphatic carbocycles. The summed E-state index contributed by atoms with van der Waals surface area (Å²) < 4.78 is 23.9. The van der Waals surface area contributed by atoms with Gasteiger partial charge in [-0.3, -0.25) is 20.4 Å². The quantitative estimate of drug-likeness (QED) is 0.562. The molecule has 2 aromatic carbocycles. The zero-order valence-electron chi connectivity index (χ0n) is 16.3. The summed E-state index contributed by atoms with van der Waals surface area (Å²) in [5.74, 6) is -0.480. The van der Waals surface area contributed by atoms with E-state index in [-0.39, 0.29) is 12.3 Å². The Kier molecular flexibility index (Phi) is 6.97. The van der Waals surface area contributed by atoms with Crippen LogP contribution in [0.4, 0.5) is 4.39 Å². The van der Waals surface area contributed by atoms with Gasteiger partial charge in [-0.1, -0.05) is 17.7 Å². The Labute approximate surface area is 176 Å². The van der Waals surface area contributed by atoms with Gasteiger partial charge in [-0.05, 0) is 50.2 Å². The van der Waals surface area contributed by atoms with E-state index in [1.54, 1.807) is 5.38 Å². The maximum Gasteiger partial charge on any atom is 0.289 e. The van der Waals surface area contributed by atoms with Gasteiger partial charge in [0.25, 0.3) is 11.8 Å². The van der Waals surface area contributed by atoms with E-state index in [9.17, 15) is 14.0 Å². The van der Waals surface area contributed by atoms with Crippen LogP contribution in [-0.2, 0) is 11.4 Å². The molecule has 3 rings (SSSR count). The molecule has 0 fully saturated rings. The summed E-state index contributed by atoms with van der Waals surface area (Å²) in [5.41, 5.74) is 5.87. The zero-order valence-corrected chi connectivity index (χ0v) is 17.2. The van der Waals surface area contributed by atoms with Crippen LogP contribution in [0.2, 0.25) is 0 Å². The number of thiazole rings is 1. The second-order valence-corrected chi connectivity index (χ2v) is 7.33. The SMILES string of the molecule is Cc1ccc(OCc2nc(C(=O)NNC(=O)C(C)Oc3ccc(F)cc3)cs2)cc1. The van der Waals surface area contributed by atoms with Crippen LogP contribution >= 0.6 is 11.3 Å². The fraction of sp³-hybridized carbons (Fsp3) is 0.190. The minimum Gasteiger partial charge on any atom is -0.486 e. The number of carbonyl (C=O) groups is 2. The Morgan fingerprint density at radius 3 is 2.43 bits per heavy atom. The zero-order chi connectivity index (χ0) is 21.5. The normalized spacial score (nSPS) is 11.4. The Morgan fingerprint density at radius 2 is 1.73 bits per heavy atom. The number of hydrazine groups is 1. The van der Waals surface area contributed by atoms with Gasteiger partial charge < -0.3 is 9.47 Å². The summed E-state index contributed by atoms with van der Waals surface area (Å²) in [4.78, 5) is 28.5. The van der Waals surface area contributed by atoms with E-state index in [2.05, 4.69) is 15.8 Å². The van der Waals surface area contributed by atoms with Gasteiger partial charge in [0.05, 0.1) is 0 Å². The number of nitrogens with one attached hydrogen (secondary N) is 2. The number of aryl methyl sites for hydroxylation is 1. The molecule has 0 aliphatic heterocycles. The molecule has 30 heavy (non-hydrogen) atoms. The number of nitrogens with zero attached hydrogens (tertiary/aromatic N) is 1. The number of halogens is 1. The molecule has 3 aromatic rings. The summed E-state index contributed by atoms with van der Waals surface area (Å²) in [7, 11) is 0. The second kappa shape index (κ2) is 9.84. The lowest BCUT2D eigenvalue weighted by atomic mass is 10.2. The molecular formula is C21H20FN3O4S. The molecule has 0 saturated heterocycles. The maximum atomic E-state index is 12.9. The highest BCUT2D eigenvalue weighted by molar-refractivity contribution is 7.09. The number of amides is 2. The first-order valence-electron chi connectivity index (χ1n) is 9.07. The van der Waals surface area contributed by atoms with Gasteiger partial charge in [0.15, 0.2) is 6.10 Å². The fourth-order valence-corrected chi connectivity index (χ4v) is 3.00. The predicted molar refractivity (Wildman–Crippen MR) is 110 cm³/mol. The molecule has 0 saturated carbocycles. The van der Waals surface area contributed by atoms with Crippen LogP contribution in [0.15, 0.2) is 53.9 Å². The highest BCUT2D eigenvalue weighted by atomic mass is 32.1. The molecule has 0 bridgehead atoms. The smallest absolute Gasteiger partial charge is 0.289 e. The molecule has 156 valence electrons. The summed E-state index contributed by atoms with van der Waals surface area (Å²) in [6.07, 6.45) is -0.898. The number of hydrogen-bond donors (Lipinski definition) is 2. The molecule has 1 heterocycles. The Morgan fingerprint density at radius 1 is 1.07 bits per heavy atom. The van der Waals surface area contributed by atoms with E-state index in [0.717, 1.165) is 5.56 Å². The van der Waals surface area contributed by atoms with Gasteiger partial charge in [-0.2, -0.15) is 0 Å². The molecule has 0 radical (unpaired) electrons. The molecule has 1 atom stereocenters. The summed E-state index contributed by atoms with van der Waals surface area (Å²) >= 11 is 1.28. The van der Waals surface area contributed by atoms with E-state index in [1.165, 1.54) is 42.5 Å². The largest absolute Gasteiger partial charge is 0.486 e. The van der Waals surface area contributed by atoms with Crippen LogP contribution in [0.3, 0.4) is 0 Å². The lowest BCUT2D eigenvalue weighted by Crippen LogP contribution is -2.47. The number of benzene rings is 2. The van der Waals surface area contributed by atoms with Gasteiger partial charge in [0, 0.05) is 5.38 Å². The van der Waals surface area contributed by atoms with Crippen LogP contribution in [0.1, 0.15) is 28.0 Å². The molecule has 0 aliphatic rings. The van der Waals surface area contributed by atoms with Crippen LogP contribution in [0, 0.1) is 12.7 Å². The van der Waals surface area contributed by atoms with Crippen molar-refractivity contribution in [1.82, 2.24) is 15.8 Å². The van der Waals surface area contributed by atoms with Crippen LogP contribution in [0.25, 0.3) is 0 Å². The molecular weight excluding hydrogens is 409 g/mol. The van der Waals surface area contributed by atoms with Crippen molar-refractivity contribution in [2.24, 2.45) is 0 Å². The van der Waals surface area contributed by atoms with Crippen molar-refractivity contribution in [1.29, 1.82) is 0 Å². The van der Waals surface area contributed by atoms with E-state index in [4.69, 9.17) is 9.47 Å². The number of hydrogen-bond acceptors (Lipinski definition) is 6. The average Bonchev–Trinajstić information content (AvgIpc) is 3.22. The lowest BCUT2D eigenvalue weighted by Gasteiger charge is -2.14. The highest BCUT2D eigenvalue weighted by Gasteiger charge is 2.17. The Bertz CT molecular complexity index is 1010. The molecule has 1 unspecified atom stereocenters. The minimum absolute atomic E-state index is 0.162. The van der Waals surface area contributed by atoms with E-state index in [1.807, 2.05) is 31.2 Å². The minimum atomic E-state index is -0.898. The molecule has 2 amide bonds. The van der Waals surface area contributed by atoms with Crippen LogP contribution in [-0.4, -0.2) is 22.9 Å². The first kappa shape index (κ1) is 21.3. The monoisotopic (exact) mass is 429 g/mol. The summed E-state index contributed by atoms with van der Waals surface area (Å²) in [6, 6.07) is 12.9. The van der Waals surface area contributed by atoms with E-state index < -0.39 is 23.7 Å². The molecule has 2 N–H and O–H groups in total. The van der Waals surface area contributed by atoms with Crippen molar-refractivity contribution in [3.63, 3.8) is 0 Å². The first-order valence-corrected chi connectivity index (χ1v) is 9.95. The summed E-state index contributed by atoms with van der Waals surface area (Å²) in [6.45, 7) is 3.73. The number of carbonyl (C=O) groups excluding carboxylic acids is 2. The van der Waals surface area contributed by atoms with Gasteiger partial charge >= 0.3 is 0 Å². The first-order chi connectivity index (χ1) is 14.4. The lowest BCUT2D eigenvalue weighted by molar-refractivity contribution is -0.128. The Hall–Kier alpha value is -3.46. The fourth-order valence-electron chi connectivity index (χ4n) is 2.32. The standard InChI is InChI=1S/C21H20FN3O4S/c1-13-3-7-16(8-4-13)28-11-19-23-18(12-30-19)21(27)25-24-20(26)14(2)29-17-9-5-15(22)6-10-17/h3-10,12,14H,11H2,1-2H3,(H,24,26)(H,25,27). The molecule has 1 aromatic heterocycles. The van der Waals surface area contributed by atoms with E-state index in [0.29, 0.717) is 16.5 Å². The third-order valence-corrected chi connectivity index (χ3v) is 4.78.